The zero-order chi connectivity index (χ0) is 11.6. The SMILES string of the molecule is N[C@H](CCO)c1c(O)cc(F)c(F)c1F. The van der Waals surface area contributed by atoms with Crippen LogP contribution in [0.15, 0.2) is 6.07 Å². The molecular weight excluding hydrogens is 211 g/mol. The van der Waals surface area contributed by atoms with E-state index in [4.69, 9.17) is 10.8 Å². The molecule has 0 radical (unpaired) electrons. The summed E-state index contributed by atoms with van der Waals surface area (Å²) in [5.74, 6) is -5.44. The molecule has 0 bridgehead atoms. The Morgan fingerprint density at radius 2 is 1.87 bits per heavy atom. The number of hydrogen-bond donors (Lipinski definition) is 3. The Labute approximate surface area is 84.0 Å². The van der Waals surface area contributed by atoms with Crippen molar-refractivity contribution < 1.29 is 23.4 Å². The lowest BCUT2D eigenvalue weighted by molar-refractivity contribution is 0.273. The van der Waals surface area contributed by atoms with E-state index in [0.717, 1.165) is 0 Å². The van der Waals surface area contributed by atoms with Gasteiger partial charge in [0.2, 0.25) is 0 Å². The van der Waals surface area contributed by atoms with Crippen molar-refractivity contribution in [3.05, 3.63) is 29.1 Å². The number of nitrogens with two attached hydrogens (primary N) is 1. The van der Waals surface area contributed by atoms with Gasteiger partial charge in [0.15, 0.2) is 17.5 Å². The van der Waals surface area contributed by atoms with Gasteiger partial charge in [-0.15, -0.1) is 0 Å². The minimum Gasteiger partial charge on any atom is -0.507 e. The van der Waals surface area contributed by atoms with Crippen LogP contribution in [0, 0.1) is 17.5 Å². The van der Waals surface area contributed by atoms with E-state index >= 15 is 0 Å². The molecule has 0 aliphatic heterocycles. The average Bonchev–Trinajstić information content (AvgIpc) is 2.15. The van der Waals surface area contributed by atoms with Crippen molar-refractivity contribution in [2.24, 2.45) is 5.73 Å². The second-order valence-electron chi connectivity index (χ2n) is 3.04. The molecule has 0 unspecified atom stereocenters. The Bertz CT molecular complexity index is 371. The summed E-state index contributed by atoms with van der Waals surface area (Å²) in [5, 5.41) is 17.7. The van der Waals surface area contributed by atoms with Gasteiger partial charge < -0.3 is 15.9 Å². The first-order chi connectivity index (χ1) is 6.99. The first kappa shape index (κ1) is 11.8. The molecule has 0 saturated carbocycles. The number of aromatic hydroxyl groups is 1. The number of benzene rings is 1. The lowest BCUT2D eigenvalue weighted by atomic mass is 10.0. The molecule has 1 atom stereocenters. The molecule has 6 heteroatoms. The molecule has 0 fully saturated rings. The quantitative estimate of drug-likeness (QED) is 0.672. The first-order valence-electron chi connectivity index (χ1n) is 4.21. The largest absolute Gasteiger partial charge is 0.507 e. The summed E-state index contributed by atoms with van der Waals surface area (Å²) in [7, 11) is 0. The fourth-order valence-corrected chi connectivity index (χ4v) is 1.23. The first-order valence-corrected chi connectivity index (χ1v) is 4.21. The van der Waals surface area contributed by atoms with Crippen LogP contribution in [0.1, 0.15) is 18.0 Å². The predicted molar refractivity (Wildman–Crippen MR) is 46.6 cm³/mol. The summed E-state index contributed by atoms with van der Waals surface area (Å²) in [6, 6.07) is -0.629. The Balaban J connectivity index is 3.23. The number of halogens is 3. The molecule has 1 aromatic rings. The van der Waals surface area contributed by atoms with Crippen LogP contribution < -0.4 is 5.73 Å². The molecule has 0 spiro atoms. The van der Waals surface area contributed by atoms with Crippen molar-refractivity contribution in [2.45, 2.75) is 12.5 Å². The monoisotopic (exact) mass is 221 g/mol. The van der Waals surface area contributed by atoms with E-state index in [0.29, 0.717) is 6.07 Å². The van der Waals surface area contributed by atoms with E-state index in [1.807, 2.05) is 0 Å². The highest BCUT2D eigenvalue weighted by Gasteiger charge is 2.22. The lowest BCUT2D eigenvalue weighted by Crippen LogP contribution is -2.15. The lowest BCUT2D eigenvalue weighted by Gasteiger charge is -2.13. The highest BCUT2D eigenvalue weighted by Crippen LogP contribution is 2.30. The van der Waals surface area contributed by atoms with Crippen molar-refractivity contribution in [1.29, 1.82) is 0 Å². The van der Waals surface area contributed by atoms with E-state index in [2.05, 4.69) is 0 Å². The summed E-state index contributed by atoms with van der Waals surface area (Å²) >= 11 is 0. The summed E-state index contributed by atoms with van der Waals surface area (Å²) in [5.41, 5.74) is 4.85. The Hall–Kier alpha value is -1.27. The number of hydrogen-bond acceptors (Lipinski definition) is 3. The molecule has 84 valence electrons. The van der Waals surface area contributed by atoms with Crippen LogP contribution in [0.5, 0.6) is 5.75 Å². The van der Waals surface area contributed by atoms with Crippen LogP contribution in [-0.4, -0.2) is 16.8 Å². The van der Waals surface area contributed by atoms with Crippen LogP contribution in [0.4, 0.5) is 13.2 Å². The molecular formula is C9H10F3NO2. The molecule has 0 aliphatic rings. The number of phenols is 1. The third-order valence-electron chi connectivity index (χ3n) is 1.99. The normalized spacial score (nSPS) is 12.9. The van der Waals surface area contributed by atoms with E-state index in [9.17, 15) is 18.3 Å². The van der Waals surface area contributed by atoms with Crippen LogP contribution >= 0.6 is 0 Å². The average molecular weight is 221 g/mol. The van der Waals surface area contributed by atoms with Crippen LogP contribution in [0.25, 0.3) is 0 Å². The van der Waals surface area contributed by atoms with Gasteiger partial charge in [0.1, 0.15) is 5.75 Å². The zero-order valence-corrected chi connectivity index (χ0v) is 7.67. The van der Waals surface area contributed by atoms with Crippen molar-refractivity contribution in [3.8, 4) is 5.75 Å². The molecule has 4 N–H and O–H groups in total. The summed E-state index contributed by atoms with van der Waals surface area (Å²) in [6.45, 7) is -0.348. The summed E-state index contributed by atoms with van der Waals surface area (Å²) in [4.78, 5) is 0. The third kappa shape index (κ3) is 2.21. The van der Waals surface area contributed by atoms with Gasteiger partial charge in [-0.1, -0.05) is 0 Å². The van der Waals surface area contributed by atoms with Gasteiger partial charge in [0, 0.05) is 24.3 Å². The molecule has 0 aromatic heterocycles. The number of rotatable bonds is 3. The molecule has 15 heavy (non-hydrogen) atoms. The van der Waals surface area contributed by atoms with Gasteiger partial charge in [-0.05, 0) is 6.42 Å². The minimum absolute atomic E-state index is 0.0600. The maximum atomic E-state index is 13.2. The third-order valence-corrected chi connectivity index (χ3v) is 1.99. The number of aliphatic hydroxyl groups excluding tert-OH is 1. The number of aliphatic hydroxyl groups is 1. The number of phenolic OH excluding ortho intramolecular Hbond substituents is 1. The Kier molecular flexibility index (Phi) is 3.54. The van der Waals surface area contributed by atoms with Gasteiger partial charge in [0.05, 0.1) is 0 Å². The molecule has 1 aromatic carbocycles. The zero-order valence-electron chi connectivity index (χ0n) is 7.67. The van der Waals surface area contributed by atoms with Crippen LogP contribution in [0.2, 0.25) is 0 Å². The smallest absolute Gasteiger partial charge is 0.195 e. The highest BCUT2D eigenvalue weighted by atomic mass is 19.2. The summed E-state index contributed by atoms with van der Waals surface area (Å²) < 4.78 is 38.6. The van der Waals surface area contributed by atoms with Crippen molar-refractivity contribution in [1.82, 2.24) is 0 Å². The topological polar surface area (TPSA) is 66.5 Å². The molecule has 0 aliphatic carbocycles. The van der Waals surface area contributed by atoms with Crippen molar-refractivity contribution in [3.63, 3.8) is 0 Å². The highest BCUT2D eigenvalue weighted by molar-refractivity contribution is 5.37. The van der Waals surface area contributed by atoms with Crippen molar-refractivity contribution in [2.75, 3.05) is 6.61 Å². The van der Waals surface area contributed by atoms with Crippen LogP contribution in [0.3, 0.4) is 0 Å². The maximum absolute atomic E-state index is 13.2. The van der Waals surface area contributed by atoms with Crippen LogP contribution in [-0.2, 0) is 0 Å². The Morgan fingerprint density at radius 3 is 2.40 bits per heavy atom. The van der Waals surface area contributed by atoms with E-state index in [1.54, 1.807) is 0 Å². The van der Waals surface area contributed by atoms with Gasteiger partial charge in [0.25, 0.3) is 0 Å². The van der Waals surface area contributed by atoms with Crippen molar-refractivity contribution >= 4 is 0 Å². The van der Waals surface area contributed by atoms with Gasteiger partial charge in [-0.2, -0.15) is 0 Å². The second-order valence-corrected chi connectivity index (χ2v) is 3.04. The standard InChI is InChI=1S/C9H10F3NO2/c10-4-3-6(15)7(5(13)1-2-14)9(12)8(4)11/h3,5,14-15H,1-2,13H2/t5-/m1/s1. The predicted octanol–water partition coefficient (Wildman–Crippen LogP) is 1.19. The second kappa shape index (κ2) is 4.50. The van der Waals surface area contributed by atoms with E-state index < -0.39 is 34.8 Å². The fraction of sp³-hybridized carbons (Fsp3) is 0.333. The Morgan fingerprint density at radius 1 is 1.27 bits per heavy atom. The molecule has 0 amide bonds. The minimum atomic E-state index is -1.68. The van der Waals surface area contributed by atoms with Gasteiger partial charge >= 0.3 is 0 Å². The van der Waals surface area contributed by atoms with E-state index in [1.165, 1.54) is 0 Å². The molecule has 0 heterocycles. The van der Waals surface area contributed by atoms with Gasteiger partial charge in [-0.3, -0.25) is 0 Å². The summed E-state index contributed by atoms with van der Waals surface area (Å²) in [6.07, 6.45) is -0.0600. The van der Waals surface area contributed by atoms with E-state index in [-0.39, 0.29) is 13.0 Å². The molecule has 1 rings (SSSR count). The van der Waals surface area contributed by atoms with Gasteiger partial charge in [-0.25, -0.2) is 13.2 Å². The maximum Gasteiger partial charge on any atom is 0.195 e. The molecule has 0 saturated heterocycles. The fourth-order valence-electron chi connectivity index (χ4n) is 1.23. The molecule has 3 nitrogen and oxygen atoms in total.